The number of carbonyl (C=O) groups excluding carboxylic acids is 4. The third kappa shape index (κ3) is 10.6. The fourth-order valence-corrected chi connectivity index (χ4v) is 2.12. The molecule has 0 fully saturated rings. The summed E-state index contributed by atoms with van der Waals surface area (Å²) in [5.41, 5.74) is 0. The van der Waals surface area contributed by atoms with Crippen LogP contribution in [0.25, 0.3) is 0 Å². The third-order valence-corrected chi connectivity index (χ3v) is 3.70. The summed E-state index contributed by atoms with van der Waals surface area (Å²) in [5.74, 6) is -0.848. The summed E-state index contributed by atoms with van der Waals surface area (Å²) in [4.78, 5) is 46.4. The van der Waals surface area contributed by atoms with Crippen LogP contribution in [-0.4, -0.2) is 81.1 Å². The summed E-state index contributed by atoms with van der Waals surface area (Å²) < 4.78 is 15.9. The van der Waals surface area contributed by atoms with Gasteiger partial charge >= 0.3 is 0 Å². The Hall–Kier alpha value is -2.10. The van der Waals surface area contributed by atoms with E-state index in [2.05, 4.69) is 5.32 Å². The van der Waals surface area contributed by atoms with Crippen LogP contribution in [0.15, 0.2) is 12.2 Å². The largest absolute Gasteiger partial charge is 0.379 e. The Morgan fingerprint density at radius 1 is 0.889 bits per heavy atom. The van der Waals surface area contributed by atoms with Crippen molar-refractivity contribution >= 4 is 23.5 Å². The zero-order chi connectivity index (χ0) is 19.9. The summed E-state index contributed by atoms with van der Waals surface area (Å²) in [6.45, 7) is 4.68. The van der Waals surface area contributed by atoms with E-state index in [0.717, 1.165) is 4.90 Å². The molecule has 3 amide bonds. The van der Waals surface area contributed by atoms with Gasteiger partial charge in [0.2, 0.25) is 5.91 Å². The van der Waals surface area contributed by atoms with Gasteiger partial charge in [-0.15, -0.1) is 0 Å². The van der Waals surface area contributed by atoms with E-state index in [1.54, 1.807) is 0 Å². The first-order valence-electron chi connectivity index (χ1n) is 9.09. The van der Waals surface area contributed by atoms with E-state index in [1.807, 2.05) is 6.92 Å². The molecule has 9 nitrogen and oxygen atoms in total. The molecule has 0 aromatic rings. The van der Waals surface area contributed by atoms with Crippen molar-refractivity contribution in [3.05, 3.63) is 12.2 Å². The predicted octanol–water partition coefficient (Wildman–Crippen LogP) is -0.163. The van der Waals surface area contributed by atoms with Gasteiger partial charge in [0.15, 0.2) is 0 Å². The minimum atomic E-state index is -0.393. The maximum atomic E-state index is 11.6. The molecule has 0 aliphatic carbocycles. The van der Waals surface area contributed by atoms with Crippen LogP contribution < -0.4 is 5.32 Å². The highest BCUT2D eigenvalue weighted by Crippen LogP contribution is 2.03. The highest BCUT2D eigenvalue weighted by atomic mass is 16.5. The van der Waals surface area contributed by atoms with Crippen LogP contribution in [0.4, 0.5) is 0 Å². The van der Waals surface area contributed by atoms with Crippen molar-refractivity contribution in [2.24, 2.45) is 0 Å². The molecule has 0 aromatic carbocycles. The molecule has 9 heteroatoms. The van der Waals surface area contributed by atoms with Gasteiger partial charge in [0.25, 0.3) is 11.8 Å². The van der Waals surface area contributed by atoms with Gasteiger partial charge in [-0.1, -0.05) is 6.92 Å². The van der Waals surface area contributed by atoms with E-state index in [9.17, 15) is 19.2 Å². The van der Waals surface area contributed by atoms with Crippen molar-refractivity contribution in [3.8, 4) is 0 Å². The molecule has 0 radical (unpaired) electrons. The lowest BCUT2D eigenvalue weighted by Gasteiger charge is -2.13. The fourth-order valence-electron chi connectivity index (χ4n) is 2.12. The number of ketones is 1. The Kier molecular flexibility index (Phi) is 11.9. The van der Waals surface area contributed by atoms with Crippen LogP contribution in [0.5, 0.6) is 0 Å². The Bertz CT molecular complexity index is 516. The molecule has 152 valence electrons. The Morgan fingerprint density at radius 3 is 2.04 bits per heavy atom. The second-order valence-electron chi connectivity index (χ2n) is 5.74. The highest BCUT2D eigenvalue weighted by Gasteiger charge is 2.23. The van der Waals surface area contributed by atoms with Crippen LogP contribution in [-0.2, 0) is 33.4 Å². The molecule has 0 unspecified atom stereocenters. The first-order valence-corrected chi connectivity index (χ1v) is 9.09. The van der Waals surface area contributed by atoms with Crippen LogP contribution in [0.2, 0.25) is 0 Å². The zero-order valence-electron chi connectivity index (χ0n) is 15.7. The van der Waals surface area contributed by atoms with Crippen LogP contribution in [0.3, 0.4) is 0 Å². The molecule has 0 bridgehead atoms. The van der Waals surface area contributed by atoms with Gasteiger partial charge in [-0.3, -0.25) is 24.1 Å². The number of amides is 3. The minimum absolute atomic E-state index is 0.0616. The number of hydrogen-bond donors (Lipinski definition) is 1. The summed E-state index contributed by atoms with van der Waals surface area (Å²) in [6, 6.07) is 0. The molecular weight excluding hydrogens is 356 g/mol. The molecule has 0 spiro atoms. The number of nitrogens with zero attached hydrogens (tertiary/aromatic N) is 1. The number of nitrogens with one attached hydrogen (secondary N) is 1. The van der Waals surface area contributed by atoms with E-state index in [4.69, 9.17) is 14.2 Å². The van der Waals surface area contributed by atoms with Gasteiger partial charge in [-0.2, -0.15) is 0 Å². The SMILES string of the molecule is CCC(=O)CCOCCOCCOCCNC(=O)CCN1C(=O)C=CC1=O. The fraction of sp³-hybridized carbons (Fsp3) is 0.667. The van der Waals surface area contributed by atoms with Gasteiger partial charge in [0, 0.05) is 44.5 Å². The molecule has 1 rings (SSSR count). The van der Waals surface area contributed by atoms with Gasteiger partial charge in [0.05, 0.1) is 39.6 Å². The molecule has 0 saturated carbocycles. The number of imide groups is 1. The summed E-state index contributed by atoms with van der Waals surface area (Å²) >= 11 is 0. The van der Waals surface area contributed by atoms with Crippen molar-refractivity contribution in [2.75, 3.05) is 52.7 Å². The zero-order valence-corrected chi connectivity index (χ0v) is 15.7. The summed E-state index contributed by atoms with van der Waals surface area (Å²) in [5, 5.41) is 2.65. The quantitative estimate of drug-likeness (QED) is 0.291. The summed E-state index contributed by atoms with van der Waals surface area (Å²) in [6.07, 6.45) is 3.41. The molecule has 1 aliphatic rings. The topological polar surface area (TPSA) is 111 Å². The molecule has 27 heavy (non-hydrogen) atoms. The average molecular weight is 384 g/mol. The maximum Gasteiger partial charge on any atom is 0.253 e. The van der Waals surface area contributed by atoms with Gasteiger partial charge in [-0.25, -0.2) is 0 Å². The monoisotopic (exact) mass is 384 g/mol. The Labute approximate surface area is 159 Å². The van der Waals surface area contributed by atoms with Crippen LogP contribution in [0.1, 0.15) is 26.2 Å². The molecular formula is C18H28N2O7. The number of carbonyl (C=O) groups is 4. The third-order valence-electron chi connectivity index (χ3n) is 3.70. The van der Waals surface area contributed by atoms with Crippen LogP contribution >= 0.6 is 0 Å². The molecule has 1 heterocycles. The highest BCUT2D eigenvalue weighted by molar-refractivity contribution is 6.13. The standard InChI is InChI=1S/C18H28N2O7/c1-2-15(21)6-9-25-11-13-27-14-12-26-10-7-19-16(22)5-8-20-17(23)3-4-18(20)24/h3-4H,2,5-14H2,1H3,(H,19,22). The lowest BCUT2D eigenvalue weighted by molar-refractivity contribution is -0.137. The molecule has 1 N–H and O–H groups in total. The van der Waals surface area contributed by atoms with Crippen LogP contribution in [0, 0.1) is 0 Å². The van der Waals surface area contributed by atoms with E-state index < -0.39 is 11.8 Å². The van der Waals surface area contributed by atoms with E-state index in [-0.39, 0.29) is 24.7 Å². The minimum Gasteiger partial charge on any atom is -0.379 e. The molecule has 0 aromatic heterocycles. The van der Waals surface area contributed by atoms with Crippen molar-refractivity contribution in [1.82, 2.24) is 10.2 Å². The van der Waals surface area contributed by atoms with Gasteiger partial charge in [0.1, 0.15) is 5.78 Å². The van der Waals surface area contributed by atoms with Gasteiger partial charge in [-0.05, 0) is 0 Å². The predicted molar refractivity (Wildman–Crippen MR) is 95.9 cm³/mol. The second kappa shape index (κ2) is 14.0. The molecule has 1 aliphatic heterocycles. The smallest absolute Gasteiger partial charge is 0.253 e. The molecule has 0 atom stereocenters. The number of rotatable bonds is 16. The van der Waals surface area contributed by atoms with Crippen molar-refractivity contribution in [2.45, 2.75) is 26.2 Å². The average Bonchev–Trinajstić information content (AvgIpc) is 2.98. The van der Waals surface area contributed by atoms with Crippen molar-refractivity contribution in [1.29, 1.82) is 0 Å². The first kappa shape index (κ1) is 22.9. The number of ether oxygens (including phenoxy) is 3. The first-order chi connectivity index (χ1) is 13.0. The summed E-state index contributed by atoms with van der Waals surface area (Å²) in [7, 11) is 0. The Morgan fingerprint density at radius 2 is 1.44 bits per heavy atom. The Balaban J connectivity index is 1.84. The van der Waals surface area contributed by atoms with Crippen molar-refractivity contribution < 1.29 is 33.4 Å². The number of hydrogen-bond acceptors (Lipinski definition) is 7. The van der Waals surface area contributed by atoms with E-state index in [0.29, 0.717) is 59.0 Å². The lowest BCUT2D eigenvalue weighted by Crippen LogP contribution is -2.35. The number of Topliss-reactive ketones (excluding diaryl/α,β-unsaturated/α-hetero) is 1. The van der Waals surface area contributed by atoms with E-state index in [1.165, 1.54) is 12.2 Å². The lowest BCUT2D eigenvalue weighted by atomic mass is 10.2. The van der Waals surface area contributed by atoms with E-state index >= 15 is 0 Å². The second-order valence-corrected chi connectivity index (χ2v) is 5.74. The van der Waals surface area contributed by atoms with Crippen molar-refractivity contribution in [3.63, 3.8) is 0 Å². The molecule has 0 saturated heterocycles. The van der Waals surface area contributed by atoms with Gasteiger partial charge < -0.3 is 19.5 Å². The normalized spacial score (nSPS) is 13.4. The maximum absolute atomic E-state index is 11.6.